The van der Waals surface area contributed by atoms with Gasteiger partial charge in [0.05, 0.1) is 5.69 Å². The van der Waals surface area contributed by atoms with E-state index in [-0.39, 0.29) is 12.4 Å². The molecule has 0 saturated carbocycles. The Kier molecular flexibility index (Phi) is 2.60. The summed E-state index contributed by atoms with van der Waals surface area (Å²) in [5.74, 6) is -1.84. The van der Waals surface area contributed by atoms with Crippen molar-refractivity contribution in [3.8, 4) is 22.8 Å². The second-order valence-corrected chi connectivity index (χ2v) is 4.72. The van der Waals surface area contributed by atoms with Crippen molar-refractivity contribution in [1.82, 2.24) is 9.78 Å². The predicted molar refractivity (Wildman–Crippen MR) is 68.7 cm³/mol. The summed E-state index contributed by atoms with van der Waals surface area (Å²) in [5.41, 5.74) is 6.49. The van der Waals surface area contributed by atoms with Crippen LogP contribution in [0.2, 0.25) is 0 Å². The maximum atomic E-state index is 13.6. The molecule has 0 radical (unpaired) electrons. The first kappa shape index (κ1) is 12.7. The smallest absolute Gasteiger partial charge is 0.270 e. The minimum Gasteiger partial charge on any atom is -0.454 e. The van der Waals surface area contributed by atoms with Crippen molar-refractivity contribution >= 4 is 5.82 Å². The van der Waals surface area contributed by atoms with Gasteiger partial charge in [0.2, 0.25) is 6.79 Å². The summed E-state index contributed by atoms with van der Waals surface area (Å²) in [7, 11) is 1.68. The molecule has 1 aromatic heterocycles. The molecular formula is C13H13F2N3O2. The predicted octanol–water partition coefficient (Wildman–Crippen LogP) is 2.51. The molecule has 1 aliphatic heterocycles. The highest BCUT2D eigenvalue weighted by molar-refractivity contribution is 5.74. The number of anilines is 1. The molecule has 0 saturated heterocycles. The number of nitrogens with zero attached hydrogens (tertiary/aromatic N) is 2. The van der Waals surface area contributed by atoms with Gasteiger partial charge in [0.15, 0.2) is 11.5 Å². The van der Waals surface area contributed by atoms with Crippen LogP contribution in [0.1, 0.15) is 12.5 Å². The monoisotopic (exact) mass is 281 g/mol. The minimum absolute atomic E-state index is 0.00336. The molecule has 0 amide bonds. The molecule has 0 fully saturated rings. The van der Waals surface area contributed by atoms with E-state index in [4.69, 9.17) is 15.2 Å². The summed E-state index contributed by atoms with van der Waals surface area (Å²) in [5, 5.41) is 4.19. The van der Waals surface area contributed by atoms with Crippen molar-refractivity contribution in [1.29, 1.82) is 0 Å². The van der Waals surface area contributed by atoms with Gasteiger partial charge in [0.25, 0.3) is 5.92 Å². The number of benzene rings is 1. The van der Waals surface area contributed by atoms with Gasteiger partial charge in [-0.1, -0.05) is 0 Å². The molecule has 0 unspecified atom stereocenters. The number of fused-ring (bicyclic) bond motifs is 1. The van der Waals surface area contributed by atoms with E-state index in [1.807, 2.05) is 0 Å². The second-order valence-electron chi connectivity index (χ2n) is 4.72. The van der Waals surface area contributed by atoms with Crippen LogP contribution in [0.15, 0.2) is 18.2 Å². The number of rotatable bonds is 2. The normalized spacial score (nSPS) is 13.8. The van der Waals surface area contributed by atoms with E-state index < -0.39 is 5.92 Å². The molecule has 1 aromatic carbocycles. The van der Waals surface area contributed by atoms with Gasteiger partial charge < -0.3 is 15.2 Å². The van der Waals surface area contributed by atoms with E-state index in [0.29, 0.717) is 28.6 Å². The number of nitrogen functional groups attached to an aromatic ring is 1. The molecule has 7 heteroatoms. The highest BCUT2D eigenvalue weighted by Gasteiger charge is 2.30. The number of alkyl halides is 2. The lowest BCUT2D eigenvalue weighted by Crippen LogP contribution is -2.07. The molecule has 106 valence electrons. The third-order valence-corrected chi connectivity index (χ3v) is 3.17. The van der Waals surface area contributed by atoms with Crippen LogP contribution in [0.5, 0.6) is 11.5 Å². The summed E-state index contributed by atoms with van der Waals surface area (Å²) in [4.78, 5) is 0. The van der Waals surface area contributed by atoms with Crippen LogP contribution in [0.4, 0.5) is 14.6 Å². The molecule has 20 heavy (non-hydrogen) atoms. The maximum Gasteiger partial charge on any atom is 0.270 e. The summed E-state index contributed by atoms with van der Waals surface area (Å²) in [6.07, 6.45) is 0. The van der Waals surface area contributed by atoms with Crippen LogP contribution < -0.4 is 15.2 Å². The van der Waals surface area contributed by atoms with E-state index in [1.165, 1.54) is 16.8 Å². The van der Waals surface area contributed by atoms with Crippen LogP contribution >= 0.6 is 0 Å². The standard InChI is InChI=1S/C13H13F2N3O2/c1-13(14,15)7-3-8(9-5-11(16)18(2)17-9)12-10(4-7)19-6-20-12/h3-5H,6,16H2,1-2H3. The fraction of sp³-hybridized carbons (Fsp3) is 0.308. The molecule has 0 spiro atoms. The lowest BCUT2D eigenvalue weighted by Gasteiger charge is -2.13. The average Bonchev–Trinajstić information content (AvgIpc) is 2.94. The minimum atomic E-state index is -2.98. The van der Waals surface area contributed by atoms with Gasteiger partial charge in [-0.15, -0.1) is 0 Å². The van der Waals surface area contributed by atoms with Gasteiger partial charge in [-0.2, -0.15) is 5.10 Å². The molecule has 3 rings (SSSR count). The molecule has 5 nitrogen and oxygen atoms in total. The van der Waals surface area contributed by atoms with Crippen LogP contribution in [0, 0.1) is 0 Å². The van der Waals surface area contributed by atoms with Crippen LogP contribution in [-0.2, 0) is 13.0 Å². The highest BCUT2D eigenvalue weighted by Crippen LogP contribution is 2.45. The Morgan fingerprint density at radius 3 is 2.65 bits per heavy atom. The van der Waals surface area contributed by atoms with Crippen LogP contribution in [0.3, 0.4) is 0 Å². The Bertz CT molecular complexity index is 657. The largest absolute Gasteiger partial charge is 0.454 e. The Labute approximate surface area is 113 Å². The summed E-state index contributed by atoms with van der Waals surface area (Å²) >= 11 is 0. The van der Waals surface area contributed by atoms with Gasteiger partial charge in [0, 0.05) is 31.2 Å². The van der Waals surface area contributed by atoms with E-state index >= 15 is 0 Å². The zero-order chi connectivity index (χ0) is 14.5. The fourth-order valence-corrected chi connectivity index (χ4v) is 2.07. The average molecular weight is 281 g/mol. The fourth-order valence-electron chi connectivity index (χ4n) is 2.07. The zero-order valence-electron chi connectivity index (χ0n) is 11.0. The van der Waals surface area contributed by atoms with E-state index in [9.17, 15) is 8.78 Å². The van der Waals surface area contributed by atoms with Gasteiger partial charge in [0.1, 0.15) is 5.82 Å². The highest BCUT2D eigenvalue weighted by atomic mass is 19.3. The van der Waals surface area contributed by atoms with Crippen molar-refractivity contribution < 1.29 is 18.3 Å². The molecule has 0 aliphatic carbocycles. The first-order valence-electron chi connectivity index (χ1n) is 5.98. The number of hydrogen-bond donors (Lipinski definition) is 1. The zero-order valence-corrected chi connectivity index (χ0v) is 11.0. The summed E-state index contributed by atoms with van der Waals surface area (Å²) < 4.78 is 39.1. The van der Waals surface area contributed by atoms with Crippen LogP contribution in [0.25, 0.3) is 11.3 Å². The van der Waals surface area contributed by atoms with E-state index in [2.05, 4.69) is 5.10 Å². The third-order valence-electron chi connectivity index (χ3n) is 3.17. The van der Waals surface area contributed by atoms with Gasteiger partial charge in [-0.25, -0.2) is 8.78 Å². The van der Waals surface area contributed by atoms with Crippen molar-refractivity contribution in [3.63, 3.8) is 0 Å². The third kappa shape index (κ3) is 1.95. The van der Waals surface area contributed by atoms with Gasteiger partial charge in [-0.05, 0) is 12.1 Å². The summed E-state index contributed by atoms with van der Waals surface area (Å²) in [6.45, 7) is 0.838. The quantitative estimate of drug-likeness (QED) is 0.918. The van der Waals surface area contributed by atoms with Gasteiger partial charge in [-0.3, -0.25) is 4.68 Å². The number of nitrogens with two attached hydrogens (primary N) is 1. The van der Waals surface area contributed by atoms with E-state index in [0.717, 1.165) is 6.92 Å². The first-order valence-corrected chi connectivity index (χ1v) is 5.98. The SMILES string of the molecule is Cn1nc(-c2cc(C(C)(F)F)cc3c2OCO3)cc1N. The maximum absolute atomic E-state index is 13.6. The lowest BCUT2D eigenvalue weighted by atomic mass is 10.0. The van der Waals surface area contributed by atoms with Crippen molar-refractivity contribution in [2.24, 2.45) is 7.05 Å². The first-order chi connectivity index (χ1) is 9.36. The molecule has 0 bridgehead atoms. The lowest BCUT2D eigenvalue weighted by molar-refractivity contribution is 0.0173. The Morgan fingerprint density at radius 1 is 1.30 bits per heavy atom. The molecule has 1 aliphatic rings. The van der Waals surface area contributed by atoms with Crippen molar-refractivity contribution in [2.45, 2.75) is 12.8 Å². The summed E-state index contributed by atoms with van der Waals surface area (Å²) in [6, 6.07) is 4.25. The molecule has 2 heterocycles. The Hall–Kier alpha value is -2.31. The molecule has 0 atom stereocenters. The molecular weight excluding hydrogens is 268 g/mol. The second kappa shape index (κ2) is 4.09. The number of ether oxygens (including phenoxy) is 2. The van der Waals surface area contributed by atoms with E-state index in [1.54, 1.807) is 13.1 Å². The topological polar surface area (TPSA) is 62.3 Å². The Morgan fingerprint density at radius 2 is 2.05 bits per heavy atom. The van der Waals surface area contributed by atoms with Crippen LogP contribution in [-0.4, -0.2) is 16.6 Å². The molecule has 2 N–H and O–H groups in total. The Balaban J connectivity index is 2.21. The number of aryl methyl sites for hydroxylation is 1. The van der Waals surface area contributed by atoms with Crippen molar-refractivity contribution in [3.05, 3.63) is 23.8 Å². The van der Waals surface area contributed by atoms with Gasteiger partial charge >= 0.3 is 0 Å². The number of hydrogen-bond acceptors (Lipinski definition) is 4. The number of halogens is 2. The number of aromatic nitrogens is 2. The molecule has 2 aromatic rings. The van der Waals surface area contributed by atoms with Crippen molar-refractivity contribution in [2.75, 3.05) is 12.5 Å².